The Hall–Kier alpha value is -2.44. The first kappa shape index (κ1) is 28.6. The van der Waals surface area contributed by atoms with E-state index in [4.69, 9.17) is 33.0 Å². The third kappa shape index (κ3) is 8.79. The lowest BCUT2D eigenvalue weighted by Gasteiger charge is -2.25. The smallest absolute Gasteiger partial charge is 0.512 e. The molecule has 0 aliphatic carbocycles. The largest absolute Gasteiger partial charge is 0.573 e. The fourth-order valence-corrected chi connectivity index (χ4v) is 2.71. The van der Waals surface area contributed by atoms with Crippen LogP contribution in [0.4, 0.5) is 26.3 Å². The quantitative estimate of drug-likeness (QED) is 0.398. The molecule has 0 heterocycles. The molecule has 0 spiro atoms. The van der Waals surface area contributed by atoms with Gasteiger partial charge in [0.05, 0.1) is 10.0 Å². The molecule has 6 radical (unpaired) electrons. The molecule has 5 nitrogen and oxygen atoms in total. The number of hydrogen-bond donors (Lipinski definition) is 1. The normalized spacial score (nSPS) is 11.8. The summed E-state index contributed by atoms with van der Waals surface area (Å²) in [7, 11) is 15.8. The van der Waals surface area contributed by atoms with Crippen molar-refractivity contribution in [2.45, 2.75) is 31.7 Å². The number of halogens is 7. The second-order valence-electron chi connectivity index (χ2n) is 5.85. The summed E-state index contributed by atoms with van der Waals surface area (Å²) in [6.45, 7) is 4.00. The van der Waals surface area contributed by atoms with Gasteiger partial charge in [-0.25, -0.2) is 4.79 Å². The number of carbonyl (C=O) groups is 1. The molecule has 2 rings (SSSR count). The predicted molar refractivity (Wildman–Crippen MR) is 111 cm³/mol. The van der Waals surface area contributed by atoms with Gasteiger partial charge in [-0.2, -0.15) is 13.2 Å². The van der Waals surface area contributed by atoms with Crippen LogP contribution in [-0.4, -0.2) is 46.3 Å². The van der Waals surface area contributed by atoms with E-state index in [-0.39, 0.29) is 0 Å². The Morgan fingerprint density at radius 1 is 0.939 bits per heavy atom. The third-order valence-electron chi connectivity index (χ3n) is 3.25. The van der Waals surface area contributed by atoms with Crippen LogP contribution in [0.1, 0.15) is 29.8 Å². The van der Waals surface area contributed by atoms with Gasteiger partial charge in [0.2, 0.25) is 0 Å². The lowest BCUT2D eigenvalue weighted by atomic mass is 9.52. The van der Waals surface area contributed by atoms with Crippen LogP contribution in [0.2, 0.25) is 0 Å². The van der Waals surface area contributed by atoms with E-state index < -0.39 is 62.4 Å². The molecule has 1 N–H and O–H groups in total. The van der Waals surface area contributed by atoms with Crippen molar-refractivity contribution in [1.82, 2.24) is 0 Å². The maximum Gasteiger partial charge on any atom is 0.573 e. The average molecular weight is 535 g/mol. The standard InChI is InChI=1S/C16H6B3BrF6O5.C2H6/c17-15(18,19)31-11-5-7(30-16(24,25)26)1-2-10(11)29-12-8(13(27)28)3-6(4-9(12)20)14(21,22)23;1-2/h1-5H,(H,27,28);1-2H3. The minimum atomic E-state index is -5.07. The highest BCUT2D eigenvalue weighted by Crippen LogP contribution is 2.43. The first-order valence-corrected chi connectivity index (χ1v) is 9.53. The van der Waals surface area contributed by atoms with Crippen molar-refractivity contribution in [3.8, 4) is 23.0 Å². The highest BCUT2D eigenvalue weighted by Gasteiger charge is 2.34. The van der Waals surface area contributed by atoms with E-state index in [0.29, 0.717) is 18.2 Å². The first-order chi connectivity index (χ1) is 15.0. The minimum Gasteiger partial charge on any atom is -0.512 e. The van der Waals surface area contributed by atoms with Crippen LogP contribution in [0.3, 0.4) is 0 Å². The molecule has 0 amide bonds. The van der Waals surface area contributed by atoms with Crippen molar-refractivity contribution in [2.24, 2.45) is 0 Å². The van der Waals surface area contributed by atoms with Crippen LogP contribution in [0.15, 0.2) is 34.8 Å². The van der Waals surface area contributed by atoms with E-state index >= 15 is 0 Å². The number of ether oxygens (including phenoxy) is 3. The van der Waals surface area contributed by atoms with Crippen LogP contribution in [0, 0.1) is 0 Å². The Morgan fingerprint density at radius 3 is 1.97 bits per heavy atom. The Morgan fingerprint density at radius 2 is 1.52 bits per heavy atom. The summed E-state index contributed by atoms with van der Waals surface area (Å²) in [6.07, 6.45) is -9.94. The summed E-state index contributed by atoms with van der Waals surface area (Å²) in [5, 5.41) is 6.87. The van der Waals surface area contributed by atoms with E-state index in [9.17, 15) is 36.2 Å². The van der Waals surface area contributed by atoms with Gasteiger partial charge in [0.15, 0.2) is 17.2 Å². The van der Waals surface area contributed by atoms with Crippen LogP contribution >= 0.6 is 15.9 Å². The lowest BCUT2D eigenvalue weighted by molar-refractivity contribution is -0.274. The Labute approximate surface area is 196 Å². The highest BCUT2D eigenvalue weighted by molar-refractivity contribution is 9.10. The monoisotopic (exact) mass is 534 g/mol. The van der Waals surface area contributed by atoms with Gasteiger partial charge < -0.3 is 19.3 Å². The van der Waals surface area contributed by atoms with Crippen molar-refractivity contribution < 1.29 is 50.5 Å². The SMILES string of the molecule is CC.[B]C([B])([B])Oc1cc(OC(F)(F)F)ccc1Oc1c(Br)cc(C(F)(F)F)cc1C(=O)O. The molecule has 0 saturated heterocycles. The summed E-state index contributed by atoms with van der Waals surface area (Å²) in [5.41, 5.74) is -2.21. The average Bonchev–Trinajstić information content (AvgIpc) is 2.63. The second-order valence-corrected chi connectivity index (χ2v) is 6.71. The molecule has 2 aromatic carbocycles. The zero-order valence-electron chi connectivity index (χ0n) is 16.8. The molecule has 15 heteroatoms. The van der Waals surface area contributed by atoms with Crippen LogP contribution in [0.5, 0.6) is 23.0 Å². The summed E-state index contributed by atoms with van der Waals surface area (Å²) >= 11 is 2.78. The molecule has 0 saturated carbocycles. The van der Waals surface area contributed by atoms with Crippen molar-refractivity contribution in [2.75, 3.05) is 0 Å². The fourth-order valence-electron chi connectivity index (χ4n) is 2.17. The van der Waals surface area contributed by atoms with Gasteiger partial charge in [-0.05, 0) is 45.5 Å². The predicted octanol–water partition coefficient (Wildman–Crippen LogP) is 5.38. The van der Waals surface area contributed by atoms with Gasteiger partial charge in [-0.1, -0.05) is 13.8 Å². The minimum absolute atomic E-state index is 0.309. The van der Waals surface area contributed by atoms with Crippen LogP contribution in [-0.2, 0) is 6.18 Å². The molecule has 0 unspecified atom stereocenters. The van der Waals surface area contributed by atoms with Crippen molar-refractivity contribution in [3.63, 3.8) is 0 Å². The van der Waals surface area contributed by atoms with Gasteiger partial charge in [-0.3, -0.25) is 0 Å². The van der Waals surface area contributed by atoms with Crippen LogP contribution < -0.4 is 14.2 Å². The number of benzene rings is 2. The van der Waals surface area contributed by atoms with E-state index in [2.05, 4.69) is 20.7 Å². The highest BCUT2D eigenvalue weighted by atomic mass is 79.9. The molecule has 0 aliphatic heterocycles. The molecule has 2 aromatic rings. The van der Waals surface area contributed by atoms with Gasteiger partial charge in [0.1, 0.15) is 34.9 Å². The van der Waals surface area contributed by atoms with E-state index in [1.807, 2.05) is 13.8 Å². The van der Waals surface area contributed by atoms with Crippen molar-refractivity contribution in [1.29, 1.82) is 0 Å². The van der Waals surface area contributed by atoms with Gasteiger partial charge in [-0.15, -0.1) is 13.2 Å². The molecule has 0 atom stereocenters. The number of rotatable bonds is 6. The van der Waals surface area contributed by atoms with Crippen molar-refractivity contribution >= 4 is 45.4 Å². The molecule has 0 bridgehead atoms. The van der Waals surface area contributed by atoms with Gasteiger partial charge in [0, 0.05) is 6.07 Å². The summed E-state index contributed by atoms with van der Waals surface area (Å²) < 4.78 is 89.8. The molecule has 33 heavy (non-hydrogen) atoms. The Kier molecular flexibility index (Phi) is 9.24. The number of carboxylic acids is 1. The molecular weight excluding hydrogens is 523 g/mol. The topological polar surface area (TPSA) is 65.0 Å². The maximum absolute atomic E-state index is 13.0. The molecule has 0 aromatic heterocycles. The zero-order chi connectivity index (χ0) is 25.8. The lowest BCUT2D eigenvalue weighted by Crippen LogP contribution is -2.37. The summed E-state index contributed by atoms with van der Waals surface area (Å²) in [5.74, 6) is -4.32. The van der Waals surface area contributed by atoms with Crippen LogP contribution in [0.25, 0.3) is 0 Å². The number of aromatic carboxylic acids is 1. The number of carboxylic acid groups (broad SMARTS) is 1. The Balaban J connectivity index is 0.00000265. The Bertz CT molecular complexity index is 993. The third-order valence-corrected chi connectivity index (χ3v) is 3.84. The fraction of sp³-hybridized carbons (Fsp3) is 0.278. The number of hydrogen-bond acceptors (Lipinski definition) is 4. The summed E-state index contributed by atoms with van der Waals surface area (Å²) in [4.78, 5) is 11.5. The molecule has 0 aliphatic rings. The maximum atomic E-state index is 13.0. The molecular formula is C18H12B3BrF6O5. The molecule has 0 fully saturated rings. The van der Waals surface area contributed by atoms with Gasteiger partial charge >= 0.3 is 18.5 Å². The second kappa shape index (κ2) is 10.7. The first-order valence-electron chi connectivity index (χ1n) is 8.73. The van der Waals surface area contributed by atoms with E-state index in [0.717, 1.165) is 12.1 Å². The molecule has 172 valence electrons. The zero-order valence-corrected chi connectivity index (χ0v) is 18.4. The van der Waals surface area contributed by atoms with Gasteiger partial charge in [0.25, 0.3) is 0 Å². The number of alkyl halides is 6. The summed E-state index contributed by atoms with van der Waals surface area (Å²) in [6, 6.07) is 3.09. The van der Waals surface area contributed by atoms with Crippen molar-refractivity contribution in [3.05, 3.63) is 45.9 Å². The van der Waals surface area contributed by atoms with E-state index in [1.54, 1.807) is 0 Å². The van der Waals surface area contributed by atoms with E-state index in [1.165, 1.54) is 0 Å².